The Bertz CT molecular complexity index is 677. The van der Waals surface area contributed by atoms with Gasteiger partial charge < -0.3 is 55.9 Å². The second-order valence-corrected chi connectivity index (χ2v) is 4.07. The van der Waals surface area contributed by atoms with Gasteiger partial charge in [0, 0.05) is 0 Å². The number of aliphatic hydroxyl groups is 4. The number of rotatable bonds is 9. The highest BCUT2D eigenvalue weighted by molar-refractivity contribution is 5.77. The molecule has 20 heteroatoms. The fraction of sp³-hybridized carbons (Fsp3) is 0.417. The maximum Gasteiger partial charge on any atom is 0.411 e. The van der Waals surface area contributed by atoms with E-state index >= 15 is 0 Å². The fourth-order valence-corrected chi connectivity index (χ4v) is 0.669. The molecule has 0 rings (SSSR count). The summed E-state index contributed by atoms with van der Waals surface area (Å²) in [4.78, 5) is 75.2. The van der Waals surface area contributed by atoms with Crippen LogP contribution >= 0.6 is 0 Å². The number of nitrogens with one attached hydrogen (secondary N) is 2. The first-order valence-electron chi connectivity index (χ1n) is 7.16. The zero-order valence-electron chi connectivity index (χ0n) is 15.3. The molecule has 0 aromatic heterocycles. The Morgan fingerprint density at radius 1 is 0.719 bits per heavy atom. The van der Waals surface area contributed by atoms with Crippen LogP contribution in [-0.4, -0.2) is 110 Å². The van der Waals surface area contributed by atoms with E-state index in [1.807, 2.05) is 0 Å². The number of isocyanates is 2. The number of carbonyl (C=O) groups is 5. The summed E-state index contributed by atoms with van der Waals surface area (Å²) in [5.74, 6) is -5.23. The highest BCUT2D eigenvalue weighted by Gasteiger charge is 2.20. The van der Waals surface area contributed by atoms with Crippen LogP contribution in [0.15, 0.2) is 9.98 Å². The van der Waals surface area contributed by atoms with Crippen LogP contribution in [-0.2, 0) is 33.4 Å². The lowest BCUT2D eigenvalue weighted by Gasteiger charge is -2.11. The number of ether oxygens (including phenoxy) is 2. The molecule has 2 unspecified atom stereocenters. The quantitative estimate of drug-likeness (QED) is 0.0863. The number of amides is 2. The van der Waals surface area contributed by atoms with Crippen molar-refractivity contribution in [3.05, 3.63) is 0 Å². The minimum Gasteiger partial charge on any atom is -0.477 e. The van der Waals surface area contributed by atoms with E-state index in [1.165, 1.54) is 12.2 Å². The van der Waals surface area contributed by atoms with E-state index in [0.29, 0.717) is 0 Å². The third-order valence-electron chi connectivity index (χ3n) is 1.82. The van der Waals surface area contributed by atoms with Gasteiger partial charge in [-0.1, -0.05) is 0 Å². The molecule has 0 aromatic carbocycles. The first-order valence-corrected chi connectivity index (χ1v) is 7.16. The van der Waals surface area contributed by atoms with Gasteiger partial charge in [0.1, 0.15) is 0 Å². The van der Waals surface area contributed by atoms with Crippen molar-refractivity contribution in [1.29, 1.82) is 0 Å². The molecule has 180 valence electrons. The van der Waals surface area contributed by atoms with Crippen molar-refractivity contribution in [3.63, 3.8) is 0 Å². The highest BCUT2D eigenvalue weighted by atomic mass is 16.7. The molecule has 2 atom stereocenters. The van der Waals surface area contributed by atoms with Crippen molar-refractivity contribution in [3.8, 4) is 0 Å². The van der Waals surface area contributed by atoms with E-state index in [4.69, 9.17) is 35.7 Å². The smallest absolute Gasteiger partial charge is 0.411 e. The number of carboxylic acids is 3. The van der Waals surface area contributed by atoms with Crippen LogP contribution in [0.25, 0.3) is 0 Å². The van der Waals surface area contributed by atoms with Crippen molar-refractivity contribution in [2.45, 2.75) is 18.9 Å². The molecule has 0 aliphatic rings. The van der Waals surface area contributed by atoms with E-state index < -0.39 is 55.6 Å². The standard InChI is InChI=1S/C7H10N2O10.C3H2N2O2.C2H4O4/c10-2(11)4(14)18-6(16)8-1-9-7(17)19-5(15)3(12)13;6-2-4-1-5-3-7;3-1(4)2(5)6/h4-5,14-15H,1H2,(H,8,16)(H,9,17)(H,10,11)(H,12,13);1H2;1,3-4H,(H,5,6). The van der Waals surface area contributed by atoms with Crippen LogP contribution in [0.4, 0.5) is 9.59 Å². The fourth-order valence-electron chi connectivity index (χ4n) is 0.669. The van der Waals surface area contributed by atoms with Gasteiger partial charge in [0.25, 0.3) is 6.29 Å². The molecule has 0 bridgehead atoms. The topological polar surface area (TPSA) is 328 Å². The number of carbonyl (C=O) groups excluding carboxylic acids is 4. The number of aliphatic hydroxyl groups excluding tert-OH is 3. The normalized spacial score (nSPS) is 10.5. The largest absolute Gasteiger partial charge is 0.477 e. The number of aliphatic imine (C=N–C) groups is 2. The number of aliphatic carboxylic acids is 3. The van der Waals surface area contributed by atoms with Crippen LogP contribution < -0.4 is 10.6 Å². The van der Waals surface area contributed by atoms with E-state index in [9.17, 15) is 33.6 Å². The summed E-state index contributed by atoms with van der Waals surface area (Å²) < 4.78 is 7.77. The minimum absolute atomic E-state index is 0.160. The molecule has 0 saturated carbocycles. The van der Waals surface area contributed by atoms with Gasteiger partial charge >= 0.3 is 42.7 Å². The van der Waals surface area contributed by atoms with Gasteiger partial charge in [-0.2, -0.15) is 9.98 Å². The van der Waals surface area contributed by atoms with Gasteiger partial charge in [-0.15, -0.1) is 0 Å². The molecule has 32 heavy (non-hydrogen) atoms. The lowest BCUT2D eigenvalue weighted by molar-refractivity contribution is -0.166. The lowest BCUT2D eigenvalue weighted by atomic mass is 10.6. The van der Waals surface area contributed by atoms with E-state index in [2.05, 4.69) is 19.5 Å². The van der Waals surface area contributed by atoms with Gasteiger partial charge in [0.2, 0.25) is 12.2 Å². The van der Waals surface area contributed by atoms with E-state index in [1.54, 1.807) is 10.6 Å². The first kappa shape index (κ1) is 32.2. The van der Waals surface area contributed by atoms with Crippen molar-refractivity contribution in [2.24, 2.45) is 9.98 Å². The zero-order valence-corrected chi connectivity index (χ0v) is 15.3. The molecule has 9 N–H and O–H groups in total. The third kappa shape index (κ3) is 23.6. The summed E-state index contributed by atoms with van der Waals surface area (Å²) in [5.41, 5.74) is 0. The molecule has 0 aliphatic carbocycles. The summed E-state index contributed by atoms with van der Waals surface area (Å²) in [6, 6.07) is 0. The second kappa shape index (κ2) is 19.8. The van der Waals surface area contributed by atoms with Crippen LogP contribution in [0.5, 0.6) is 0 Å². The number of hydrogen-bond acceptors (Lipinski definition) is 15. The minimum atomic E-state index is -2.37. The summed E-state index contributed by atoms with van der Waals surface area (Å²) in [6.45, 7) is -0.788. The summed E-state index contributed by atoms with van der Waals surface area (Å²) in [6.07, 6.45) is -7.30. The summed E-state index contributed by atoms with van der Waals surface area (Å²) in [5, 5.41) is 59.7. The maximum atomic E-state index is 10.8. The molecule has 0 aliphatic heterocycles. The predicted molar refractivity (Wildman–Crippen MR) is 88.4 cm³/mol. The summed E-state index contributed by atoms with van der Waals surface area (Å²) >= 11 is 0. The molecule has 0 heterocycles. The van der Waals surface area contributed by atoms with Gasteiger partial charge in [-0.05, 0) is 0 Å². The Morgan fingerprint density at radius 3 is 1.25 bits per heavy atom. The van der Waals surface area contributed by atoms with Crippen LogP contribution in [0, 0.1) is 0 Å². The highest BCUT2D eigenvalue weighted by Crippen LogP contribution is 1.89. The Balaban J connectivity index is -0.000000527. The molecule has 20 nitrogen and oxygen atoms in total. The van der Waals surface area contributed by atoms with Crippen LogP contribution in [0.3, 0.4) is 0 Å². The Kier molecular flexibility index (Phi) is 20.0. The average molecular weight is 472 g/mol. The van der Waals surface area contributed by atoms with Crippen LogP contribution in [0.2, 0.25) is 0 Å². The van der Waals surface area contributed by atoms with E-state index in [0.717, 1.165) is 0 Å². The Hall–Kier alpha value is -4.45. The molecule has 2 amide bonds. The van der Waals surface area contributed by atoms with Crippen molar-refractivity contribution in [1.82, 2.24) is 10.6 Å². The average Bonchev–Trinajstić information content (AvgIpc) is 2.69. The first-order chi connectivity index (χ1) is 14.8. The van der Waals surface area contributed by atoms with E-state index in [-0.39, 0.29) is 6.67 Å². The third-order valence-corrected chi connectivity index (χ3v) is 1.82. The molecule has 0 radical (unpaired) electrons. The molecule has 0 fully saturated rings. The van der Waals surface area contributed by atoms with Crippen molar-refractivity contribution < 1.29 is 78.8 Å². The van der Waals surface area contributed by atoms with Gasteiger partial charge in [0.15, 0.2) is 6.67 Å². The predicted octanol–water partition coefficient (Wildman–Crippen LogP) is -4.80. The number of nitrogens with zero attached hydrogens (tertiary/aromatic N) is 2. The second-order valence-electron chi connectivity index (χ2n) is 4.07. The lowest BCUT2D eigenvalue weighted by Crippen LogP contribution is -2.41. The molecular weight excluding hydrogens is 456 g/mol. The number of carboxylic acid groups (broad SMARTS) is 3. The monoisotopic (exact) mass is 472 g/mol. The molecule has 0 saturated heterocycles. The Labute approximate surface area is 175 Å². The molecule has 0 aromatic rings. The maximum absolute atomic E-state index is 10.8. The summed E-state index contributed by atoms with van der Waals surface area (Å²) in [7, 11) is 0. The zero-order chi connectivity index (χ0) is 25.7. The van der Waals surface area contributed by atoms with Crippen LogP contribution in [0.1, 0.15) is 0 Å². The van der Waals surface area contributed by atoms with Crippen molar-refractivity contribution >= 4 is 42.3 Å². The van der Waals surface area contributed by atoms with Gasteiger partial charge in [0.05, 0.1) is 6.67 Å². The SMILES string of the molecule is O=C(NCNC(=O)OC(O)C(=O)O)OC(O)C(=O)O.O=C(O)C(O)O.O=C=NCN=C=O. The number of alkyl carbamates (subject to hydrolysis) is 2. The molecule has 0 spiro atoms. The Morgan fingerprint density at radius 2 is 1.03 bits per heavy atom. The molecular formula is C12H16N4O16. The van der Waals surface area contributed by atoms with Gasteiger partial charge in [-0.3, -0.25) is 0 Å². The van der Waals surface area contributed by atoms with Gasteiger partial charge in [-0.25, -0.2) is 33.6 Å². The number of hydrogen-bond donors (Lipinski definition) is 9. The van der Waals surface area contributed by atoms with Crippen molar-refractivity contribution in [2.75, 3.05) is 13.3 Å².